The molecule has 110 valence electrons. The molecular weight excluding hydrogens is 271 g/mol. The van der Waals surface area contributed by atoms with E-state index >= 15 is 0 Å². The van der Waals surface area contributed by atoms with E-state index in [1.165, 1.54) is 24.3 Å². The van der Waals surface area contributed by atoms with Crippen LogP contribution in [-0.2, 0) is 6.54 Å². The highest BCUT2D eigenvalue weighted by Gasteiger charge is 2.02. The second-order valence-corrected chi connectivity index (χ2v) is 4.39. The third-order valence-electron chi connectivity index (χ3n) is 2.79. The quantitative estimate of drug-likeness (QED) is 0.884. The molecule has 4 nitrogen and oxygen atoms in total. The monoisotopic (exact) mass is 288 g/mol. The topological polar surface area (TPSA) is 50.4 Å². The Morgan fingerprint density at radius 1 is 1.10 bits per heavy atom. The number of nitrogens with one attached hydrogen (secondary N) is 2. The summed E-state index contributed by atoms with van der Waals surface area (Å²) in [6.45, 7) is 2.95. The van der Waals surface area contributed by atoms with Gasteiger partial charge in [0.15, 0.2) is 0 Å². The van der Waals surface area contributed by atoms with Gasteiger partial charge >= 0.3 is 6.03 Å². The second kappa shape index (κ2) is 7.28. The van der Waals surface area contributed by atoms with Gasteiger partial charge in [0.2, 0.25) is 0 Å². The summed E-state index contributed by atoms with van der Waals surface area (Å²) in [4.78, 5) is 11.7. The lowest BCUT2D eigenvalue weighted by Gasteiger charge is -2.08. The summed E-state index contributed by atoms with van der Waals surface area (Å²) >= 11 is 0. The highest BCUT2D eigenvalue weighted by atomic mass is 19.1. The molecule has 2 aromatic rings. The number of ether oxygens (including phenoxy) is 1. The number of rotatable bonds is 5. The van der Waals surface area contributed by atoms with Crippen molar-refractivity contribution in [1.82, 2.24) is 5.32 Å². The van der Waals surface area contributed by atoms with E-state index in [1.54, 1.807) is 0 Å². The maximum Gasteiger partial charge on any atom is 0.319 e. The fraction of sp³-hybridized carbons (Fsp3) is 0.188. The summed E-state index contributed by atoms with van der Waals surface area (Å²) in [5.74, 6) is 0.465. The average Bonchev–Trinajstić information content (AvgIpc) is 2.49. The van der Waals surface area contributed by atoms with E-state index in [0.29, 0.717) is 18.8 Å². The summed E-state index contributed by atoms with van der Waals surface area (Å²) in [6, 6.07) is 12.8. The van der Waals surface area contributed by atoms with Crippen LogP contribution in [0.15, 0.2) is 48.5 Å². The van der Waals surface area contributed by atoms with Gasteiger partial charge in [-0.05, 0) is 48.9 Å². The first-order valence-electron chi connectivity index (χ1n) is 6.69. The van der Waals surface area contributed by atoms with Gasteiger partial charge in [-0.25, -0.2) is 9.18 Å². The molecule has 0 unspecified atom stereocenters. The molecule has 0 aliphatic carbocycles. The fourth-order valence-corrected chi connectivity index (χ4v) is 1.76. The molecule has 0 aliphatic heterocycles. The highest BCUT2D eigenvalue weighted by molar-refractivity contribution is 5.89. The van der Waals surface area contributed by atoms with Gasteiger partial charge in [0.1, 0.15) is 11.6 Å². The van der Waals surface area contributed by atoms with Crippen LogP contribution >= 0.6 is 0 Å². The first-order chi connectivity index (χ1) is 10.2. The molecule has 0 heterocycles. The molecular formula is C16H17FN2O2. The number of carbonyl (C=O) groups is 1. The summed E-state index contributed by atoms with van der Waals surface area (Å²) in [6.07, 6.45) is 0. The van der Waals surface area contributed by atoms with Gasteiger partial charge in [0, 0.05) is 12.2 Å². The maximum atomic E-state index is 12.7. The molecule has 0 aromatic heterocycles. The van der Waals surface area contributed by atoms with Gasteiger partial charge in [-0.3, -0.25) is 0 Å². The summed E-state index contributed by atoms with van der Waals surface area (Å²) < 4.78 is 18.1. The van der Waals surface area contributed by atoms with Crippen LogP contribution < -0.4 is 15.4 Å². The maximum absolute atomic E-state index is 12.7. The first kappa shape index (κ1) is 14.8. The zero-order chi connectivity index (χ0) is 15.1. The minimum absolute atomic E-state index is 0.338. The number of carbonyl (C=O) groups excluding carboxylic acids is 1. The van der Waals surface area contributed by atoms with E-state index in [0.717, 1.165) is 11.3 Å². The molecule has 0 saturated heterocycles. The third kappa shape index (κ3) is 4.80. The van der Waals surface area contributed by atoms with Crippen molar-refractivity contribution in [2.75, 3.05) is 11.9 Å². The van der Waals surface area contributed by atoms with Gasteiger partial charge in [-0.1, -0.05) is 12.1 Å². The molecule has 2 rings (SSSR count). The standard InChI is InChI=1S/C16H17FN2O2/c1-2-21-15-9-3-12(4-10-15)11-18-16(20)19-14-7-5-13(17)6-8-14/h3-10H,2,11H2,1H3,(H2,18,19,20). The van der Waals surface area contributed by atoms with Crippen LogP contribution in [0, 0.1) is 5.82 Å². The van der Waals surface area contributed by atoms with Crippen molar-refractivity contribution >= 4 is 11.7 Å². The highest BCUT2D eigenvalue weighted by Crippen LogP contribution is 2.12. The molecule has 0 fully saturated rings. The molecule has 2 aromatic carbocycles. The van der Waals surface area contributed by atoms with Crippen LogP contribution in [0.4, 0.5) is 14.9 Å². The van der Waals surface area contributed by atoms with Crippen molar-refractivity contribution in [2.45, 2.75) is 13.5 Å². The minimum Gasteiger partial charge on any atom is -0.494 e. The number of urea groups is 1. The Balaban J connectivity index is 1.81. The SMILES string of the molecule is CCOc1ccc(CNC(=O)Nc2ccc(F)cc2)cc1. The number of hydrogen-bond donors (Lipinski definition) is 2. The Morgan fingerprint density at radius 2 is 1.76 bits per heavy atom. The van der Waals surface area contributed by atoms with Crippen molar-refractivity contribution < 1.29 is 13.9 Å². The van der Waals surface area contributed by atoms with Crippen molar-refractivity contribution in [1.29, 1.82) is 0 Å². The Kier molecular flexibility index (Phi) is 5.15. The van der Waals surface area contributed by atoms with Crippen LogP contribution in [0.5, 0.6) is 5.75 Å². The van der Waals surface area contributed by atoms with Gasteiger partial charge in [0.05, 0.1) is 6.61 Å². The van der Waals surface area contributed by atoms with E-state index in [1.807, 2.05) is 31.2 Å². The summed E-state index contributed by atoms with van der Waals surface area (Å²) in [5.41, 5.74) is 1.51. The Hall–Kier alpha value is -2.56. The molecule has 0 atom stereocenters. The fourth-order valence-electron chi connectivity index (χ4n) is 1.76. The first-order valence-corrected chi connectivity index (χ1v) is 6.69. The van der Waals surface area contributed by atoms with E-state index in [2.05, 4.69) is 10.6 Å². The number of benzene rings is 2. The van der Waals surface area contributed by atoms with Crippen molar-refractivity contribution in [3.63, 3.8) is 0 Å². The average molecular weight is 288 g/mol. The van der Waals surface area contributed by atoms with E-state index in [9.17, 15) is 9.18 Å². The molecule has 0 saturated carbocycles. The smallest absolute Gasteiger partial charge is 0.319 e. The van der Waals surface area contributed by atoms with Crippen LogP contribution in [0.2, 0.25) is 0 Å². The van der Waals surface area contributed by atoms with Gasteiger partial charge in [-0.2, -0.15) is 0 Å². The molecule has 0 aliphatic rings. The predicted octanol–water partition coefficient (Wildman–Crippen LogP) is 3.55. The molecule has 0 bridgehead atoms. The van der Waals surface area contributed by atoms with Gasteiger partial charge in [0.25, 0.3) is 0 Å². The van der Waals surface area contributed by atoms with E-state index in [4.69, 9.17) is 4.74 Å². The van der Waals surface area contributed by atoms with E-state index in [-0.39, 0.29) is 11.8 Å². The van der Waals surface area contributed by atoms with Crippen LogP contribution in [0.1, 0.15) is 12.5 Å². The van der Waals surface area contributed by atoms with Gasteiger partial charge < -0.3 is 15.4 Å². The molecule has 5 heteroatoms. The Labute approximate surface area is 122 Å². The van der Waals surface area contributed by atoms with Crippen LogP contribution in [0.3, 0.4) is 0 Å². The zero-order valence-electron chi connectivity index (χ0n) is 11.7. The van der Waals surface area contributed by atoms with Crippen molar-refractivity contribution in [2.24, 2.45) is 0 Å². The van der Waals surface area contributed by atoms with Crippen molar-refractivity contribution in [3.05, 3.63) is 59.9 Å². The molecule has 2 N–H and O–H groups in total. The Morgan fingerprint density at radius 3 is 2.38 bits per heavy atom. The van der Waals surface area contributed by atoms with Gasteiger partial charge in [-0.15, -0.1) is 0 Å². The summed E-state index contributed by atoms with van der Waals surface area (Å²) in [7, 11) is 0. The van der Waals surface area contributed by atoms with E-state index < -0.39 is 0 Å². The predicted molar refractivity (Wildman–Crippen MR) is 79.9 cm³/mol. The lowest BCUT2D eigenvalue weighted by Crippen LogP contribution is -2.28. The zero-order valence-corrected chi connectivity index (χ0v) is 11.7. The van der Waals surface area contributed by atoms with Crippen LogP contribution in [0.25, 0.3) is 0 Å². The number of anilines is 1. The number of halogens is 1. The molecule has 21 heavy (non-hydrogen) atoms. The molecule has 0 radical (unpaired) electrons. The van der Waals surface area contributed by atoms with Crippen molar-refractivity contribution in [3.8, 4) is 5.75 Å². The molecule has 2 amide bonds. The normalized spacial score (nSPS) is 10.0. The summed E-state index contributed by atoms with van der Waals surface area (Å²) in [5, 5.41) is 5.36. The Bertz CT molecular complexity index is 582. The molecule has 0 spiro atoms. The number of hydrogen-bond acceptors (Lipinski definition) is 2. The minimum atomic E-state index is -0.338. The van der Waals surface area contributed by atoms with Crippen LogP contribution in [-0.4, -0.2) is 12.6 Å². The lowest BCUT2D eigenvalue weighted by molar-refractivity contribution is 0.251. The third-order valence-corrected chi connectivity index (χ3v) is 2.79. The lowest BCUT2D eigenvalue weighted by atomic mass is 10.2. The second-order valence-electron chi connectivity index (χ2n) is 4.39. The largest absolute Gasteiger partial charge is 0.494 e. The number of amides is 2.